The van der Waals surface area contributed by atoms with Gasteiger partial charge in [0, 0.05) is 18.0 Å². The number of anilines is 1. The third kappa shape index (κ3) is 4.09. The van der Waals surface area contributed by atoms with Crippen LogP contribution in [0.3, 0.4) is 0 Å². The monoisotopic (exact) mass is 343 g/mol. The fraction of sp³-hybridized carbons (Fsp3) is 0.611. The van der Waals surface area contributed by atoms with Crippen LogP contribution < -0.4 is 5.32 Å². The van der Waals surface area contributed by atoms with E-state index in [0.29, 0.717) is 26.2 Å². The van der Waals surface area contributed by atoms with Gasteiger partial charge in [0.25, 0.3) is 5.92 Å². The van der Waals surface area contributed by atoms with Crippen LogP contribution in [0.1, 0.15) is 52.5 Å². The van der Waals surface area contributed by atoms with Crippen LogP contribution in [-0.4, -0.2) is 17.1 Å². The molecule has 24 heavy (non-hydrogen) atoms. The lowest BCUT2D eigenvalue weighted by atomic mass is 9.63. The molecule has 0 bridgehead atoms. The summed E-state index contributed by atoms with van der Waals surface area (Å²) in [4.78, 5) is 12.7. The summed E-state index contributed by atoms with van der Waals surface area (Å²) in [6.45, 7) is 6.33. The van der Waals surface area contributed by atoms with E-state index in [1.807, 2.05) is 13.8 Å². The number of nitrogens with one attached hydrogen (secondary N) is 1. The molecule has 1 aliphatic carbocycles. The molecule has 0 aliphatic heterocycles. The predicted octanol–water partition coefficient (Wildman–Crippen LogP) is 4.45. The highest BCUT2D eigenvalue weighted by atomic mass is 19.3. The van der Waals surface area contributed by atoms with Gasteiger partial charge in [0.15, 0.2) is 0 Å². The molecule has 2 unspecified atom stereocenters. The lowest BCUT2D eigenvalue weighted by Gasteiger charge is -2.44. The molecule has 1 fully saturated rings. The molecule has 2 atom stereocenters. The van der Waals surface area contributed by atoms with Gasteiger partial charge in [-0.05, 0) is 42.9 Å². The van der Waals surface area contributed by atoms with Crippen molar-refractivity contribution in [3.05, 3.63) is 29.6 Å². The first kappa shape index (κ1) is 18.8. The Morgan fingerprint density at radius 2 is 1.92 bits per heavy atom. The largest absolute Gasteiger partial charge is 0.393 e. The molecule has 1 aromatic rings. The van der Waals surface area contributed by atoms with E-state index >= 15 is 0 Å². The van der Waals surface area contributed by atoms with Gasteiger partial charge in [-0.1, -0.05) is 20.8 Å². The number of hydrogen-bond donors (Lipinski definition) is 2. The Bertz CT molecular complexity index is 640. The maximum atomic E-state index is 13.6. The number of amides is 1. The van der Waals surface area contributed by atoms with Crippen LogP contribution >= 0.6 is 0 Å². The van der Waals surface area contributed by atoms with Crippen LogP contribution in [-0.2, 0) is 10.7 Å². The second-order valence-corrected chi connectivity index (χ2v) is 8.00. The van der Waals surface area contributed by atoms with Crippen molar-refractivity contribution in [1.29, 1.82) is 0 Å². The molecule has 0 radical (unpaired) electrons. The fourth-order valence-corrected chi connectivity index (χ4v) is 3.83. The number of carbonyl (C=O) groups excluding carboxylic acids is 1. The highest BCUT2D eigenvalue weighted by Crippen LogP contribution is 2.46. The number of carbonyl (C=O) groups is 1. The summed E-state index contributed by atoms with van der Waals surface area (Å²) in [6, 6.07) is 3.14. The zero-order chi connectivity index (χ0) is 18.3. The number of halogens is 3. The molecule has 0 aromatic heterocycles. The Labute approximate surface area is 140 Å². The second-order valence-electron chi connectivity index (χ2n) is 8.00. The number of alkyl halides is 2. The Kier molecular flexibility index (Phi) is 4.74. The van der Waals surface area contributed by atoms with E-state index in [-0.39, 0.29) is 17.0 Å². The highest BCUT2D eigenvalue weighted by molar-refractivity contribution is 5.95. The summed E-state index contributed by atoms with van der Waals surface area (Å²) in [5.41, 5.74) is -1.65. The van der Waals surface area contributed by atoms with Gasteiger partial charge in [0.1, 0.15) is 5.82 Å². The summed E-state index contributed by atoms with van der Waals surface area (Å²) in [5.74, 6) is -4.70. The summed E-state index contributed by atoms with van der Waals surface area (Å²) in [5, 5.41) is 12.7. The number of rotatable bonds is 3. The van der Waals surface area contributed by atoms with Gasteiger partial charge in [0.05, 0.1) is 11.7 Å². The highest BCUT2D eigenvalue weighted by Gasteiger charge is 2.45. The lowest BCUT2D eigenvalue weighted by molar-refractivity contribution is -0.132. The van der Waals surface area contributed by atoms with Crippen molar-refractivity contribution < 1.29 is 23.1 Å². The van der Waals surface area contributed by atoms with Crippen LogP contribution in [0.4, 0.5) is 18.9 Å². The predicted molar refractivity (Wildman–Crippen MR) is 86.3 cm³/mol. The molecule has 1 aromatic carbocycles. The van der Waals surface area contributed by atoms with E-state index in [1.165, 1.54) is 6.07 Å². The molecule has 3 nitrogen and oxygen atoms in total. The Morgan fingerprint density at radius 1 is 1.29 bits per heavy atom. The minimum absolute atomic E-state index is 0.122. The smallest absolute Gasteiger partial charge is 0.273 e. The first-order valence-electron chi connectivity index (χ1n) is 8.00. The zero-order valence-corrected chi connectivity index (χ0v) is 14.4. The molecule has 1 amide bonds. The van der Waals surface area contributed by atoms with Gasteiger partial charge < -0.3 is 10.4 Å². The van der Waals surface area contributed by atoms with Crippen LogP contribution in [0.2, 0.25) is 0 Å². The van der Waals surface area contributed by atoms with Crippen molar-refractivity contribution in [2.75, 3.05) is 5.32 Å². The van der Waals surface area contributed by atoms with Gasteiger partial charge in [0.2, 0.25) is 5.91 Å². The van der Waals surface area contributed by atoms with Crippen molar-refractivity contribution in [2.24, 2.45) is 10.8 Å². The maximum Gasteiger partial charge on any atom is 0.273 e. The van der Waals surface area contributed by atoms with Crippen molar-refractivity contribution in [2.45, 2.75) is 59.0 Å². The average molecular weight is 343 g/mol. The first-order valence-corrected chi connectivity index (χ1v) is 8.00. The van der Waals surface area contributed by atoms with Crippen LogP contribution in [0, 0.1) is 16.6 Å². The van der Waals surface area contributed by atoms with Crippen molar-refractivity contribution in [3.63, 3.8) is 0 Å². The SMILES string of the molecule is CC1(C)CC(O)CC(C)(C(=O)Nc2ccc(F)c(C(C)(F)F)c2)C1. The summed E-state index contributed by atoms with van der Waals surface area (Å²) < 4.78 is 40.4. The quantitative estimate of drug-likeness (QED) is 0.852. The van der Waals surface area contributed by atoms with E-state index < -0.39 is 28.8 Å². The second kappa shape index (κ2) is 6.06. The van der Waals surface area contributed by atoms with Gasteiger partial charge in [-0.15, -0.1) is 0 Å². The van der Waals surface area contributed by atoms with Crippen LogP contribution in [0.25, 0.3) is 0 Å². The Hall–Kier alpha value is -1.56. The molecule has 6 heteroatoms. The minimum atomic E-state index is -3.34. The number of aliphatic hydroxyl groups is 1. The van der Waals surface area contributed by atoms with Crippen LogP contribution in [0.15, 0.2) is 18.2 Å². The zero-order valence-electron chi connectivity index (χ0n) is 14.4. The molecule has 0 spiro atoms. The van der Waals surface area contributed by atoms with Gasteiger partial charge in [-0.25, -0.2) is 13.2 Å². The molecule has 0 saturated heterocycles. The standard InChI is InChI=1S/C18H24F3NO2/c1-16(2)8-12(23)9-17(3,10-16)15(24)22-11-5-6-14(19)13(7-11)18(4,20)21/h5-7,12,23H,8-10H2,1-4H3,(H,22,24). The third-order valence-corrected chi connectivity index (χ3v) is 4.59. The van der Waals surface area contributed by atoms with Crippen molar-refractivity contribution in [3.8, 4) is 0 Å². The van der Waals surface area contributed by atoms with E-state index in [4.69, 9.17) is 0 Å². The molecule has 1 aliphatic rings. The average Bonchev–Trinajstić information content (AvgIpc) is 2.36. The van der Waals surface area contributed by atoms with Crippen molar-refractivity contribution >= 4 is 11.6 Å². The number of hydrogen-bond acceptors (Lipinski definition) is 2. The summed E-state index contributed by atoms with van der Waals surface area (Å²) in [6.07, 6.45) is 0.896. The summed E-state index contributed by atoms with van der Waals surface area (Å²) >= 11 is 0. The molecule has 2 rings (SSSR count). The first-order chi connectivity index (χ1) is 10.8. The summed E-state index contributed by atoms with van der Waals surface area (Å²) in [7, 11) is 0. The Balaban J connectivity index is 2.23. The van der Waals surface area contributed by atoms with Gasteiger partial charge >= 0.3 is 0 Å². The normalized spacial score (nSPS) is 26.9. The number of aliphatic hydroxyl groups excluding tert-OH is 1. The van der Waals surface area contributed by atoms with E-state index in [1.54, 1.807) is 6.92 Å². The van der Waals surface area contributed by atoms with Gasteiger partial charge in [-0.3, -0.25) is 4.79 Å². The fourth-order valence-electron chi connectivity index (χ4n) is 3.83. The van der Waals surface area contributed by atoms with Crippen LogP contribution in [0.5, 0.6) is 0 Å². The lowest BCUT2D eigenvalue weighted by Crippen LogP contribution is -2.45. The van der Waals surface area contributed by atoms with Gasteiger partial charge in [-0.2, -0.15) is 0 Å². The van der Waals surface area contributed by atoms with E-state index in [0.717, 1.165) is 12.1 Å². The molecule has 2 N–H and O–H groups in total. The molecular formula is C18H24F3NO2. The van der Waals surface area contributed by atoms with Crippen molar-refractivity contribution in [1.82, 2.24) is 0 Å². The maximum absolute atomic E-state index is 13.6. The minimum Gasteiger partial charge on any atom is -0.393 e. The van der Waals surface area contributed by atoms with E-state index in [2.05, 4.69) is 5.32 Å². The molecular weight excluding hydrogens is 319 g/mol. The molecule has 1 saturated carbocycles. The number of benzene rings is 1. The topological polar surface area (TPSA) is 49.3 Å². The third-order valence-electron chi connectivity index (χ3n) is 4.59. The molecule has 134 valence electrons. The van der Waals surface area contributed by atoms with E-state index in [9.17, 15) is 23.1 Å². The molecule has 0 heterocycles. The Morgan fingerprint density at radius 3 is 2.46 bits per heavy atom.